The van der Waals surface area contributed by atoms with Gasteiger partial charge < -0.3 is 20.1 Å². The molecule has 3 N–H and O–H groups in total. The lowest BCUT2D eigenvalue weighted by atomic mass is 9.97. The first-order chi connectivity index (χ1) is 9.21. The molecule has 5 atom stereocenters. The maximum atomic E-state index is 12.6. The van der Waals surface area contributed by atoms with Gasteiger partial charge in [0.15, 0.2) is 0 Å². The standard InChI is InChI=1S/C13H15F3O4/c1-6-9(17)11(19)12(20-6)10(18)7-3-2-4-8(5-7)13(14,15)16/h2-6,9-12,17-19H,1H3/t6-,9-,10+,11-,12+/m0/s1. The second-order valence-corrected chi connectivity index (χ2v) is 4.86. The molecule has 0 amide bonds. The Bertz CT molecular complexity index is 477. The highest BCUT2D eigenvalue weighted by Gasteiger charge is 2.44. The van der Waals surface area contributed by atoms with Crippen LogP contribution in [0.15, 0.2) is 24.3 Å². The van der Waals surface area contributed by atoms with Crippen LogP contribution in [0.2, 0.25) is 0 Å². The van der Waals surface area contributed by atoms with Gasteiger partial charge in [-0.3, -0.25) is 0 Å². The van der Waals surface area contributed by atoms with Crippen molar-refractivity contribution in [2.45, 2.75) is 43.6 Å². The number of alkyl halides is 3. The van der Waals surface area contributed by atoms with Gasteiger partial charge in [-0.05, 0) is 24.6 Å². The Hall–Kier alpha value is -1.15. The molecule has 1 aliphatic heterocycles. The minimum Gasteiger partial charge on any atom is -0.388 e. The molecule has 1 fully saturated rings. The summed E-state index contributed by atoms with van der Waals surface area (Å²) in [6, 6.07) is 4.17. The molecular weight excluding hydrogens is 277 g/mol. The Balaban J connectivity index is 2.24. The molecule has 7 heteroatoms. The van der Waals surface area contributed by atoms with Crippen LogP contribution in [-0.2, 0) is 10.9 Å². The average Bonchev–Trinajstić information content (AvgIpc) is 2.65. The molecule has 4 nitrogen and oxygen atoms in total. The van der Waals surface area contributed by atoms with E-state index in [0.717, 1.165) is 12.1 Å². The molecule has 1 heterocycles. The monoisotopic (exact) mass is 292 g/mol. The van der Waals surface area contributed by atoms with Crippen molar-refractivity contribution in [1.82, 2.24) is 0 Å². The molecule has 1 aromatic carbocycles. The number of aliphatic hydroxyl groups is 3. The Morgan fingerprint density at radius 2 is 1.85 bits per heavy atom. The summed E-state index contributed by atoms with van der Waals surface area (Å²) >= 11 is 0. The number of rotatable bonds is 2. The molecule has 0 saturated carbocycles. The predicted molar refractivity (Wildman–Crippen MR) is 62.8 cm³/mol. The van der Waals surface area contributed by atoms with Crippen LogP contribution in [0.25, 0.3) is 0 Å². The average molecular weight is 292 g/mol. The Labute approximate surface area is 113 Å². The zero-order valence-corrected chi connectivity index (χ0v) is 10.6. The lowest BCUT2D eigenvalue weighted by Crippen LogP contribution is -2.35. The van der Waals surface area contributed by atoms with E-state index in [4.69, 9.17) is 4.74 Å². The summed E-state index contributed by atoms with van der Waals surface area (Å²) in [4.78, 5) is 0. The van der Waals surface area contributed by atoms with Crippen LogP contribution in [0.3, 0.4) is 0 Å². The van der Waals surface area contributed by atoms with E-state index in [1.165, 1.54) is 19.1 Å². The zero-order valence-electron chi connectivity index (χ0n) is 10.6. The van der Waals surface area contributed by atoms with E-state index in [-0.39, 0.29) is 5.56 Å². The molecule has 2 rings (SSSR count). The van der Waals surface area contributed by atoms with Gasteiger partial charge in [-0.15, -0.1) is 0 Å². The molecule has 0 unspecified atom stereocenters. The van der Waals surface area contributed by atoms with Crippen molar-refractivity contribution < 1.29 is 33.2 Å². The molecule has 1 aromatic rings. The number of halogens is 3. The summed E-state index contributed by atoms with van der Waals surface area (Å²) in [6.45, 7) is 1.51. The second kappa shape index (κ2) is 5.33. The zero-order chi connectivity index (χ0) is 15.1. The van der Waals surface area contributed by atoms with Gasteiger partial charge in [0.05, 0.1) is 11.7 Å². The van der Waals surface area contributed by atoms with Crippen molar-refractivity contribution >= 4 is 0 Å². The second-order valence-electron chi connectivity index (χ2n) is 4.86. The summed E-state index contributed by atoms with van der Waals surface area (Å²) in [6.07, 6.45) is -10.4. The molecule has 1 saturated heterocycles. The third-order valence-corrected chi connectivity index (χ3v) is 3.41. The molecule has 0 radical (unpaired) electrons. The molecule has 112 valence electrons. The van der Waals surface area contributed by atoms with Gasteiger partial charge >= 0.3 is 6.18 Å². The van der Waals surface area contributed by atoms with Crippen LogP contribution in [-0.4, -0.2) is 39.7 Å². The van der Waals surface area contributed by atoms with Gasteiger partial charge in [0.2, 0.25) is 0 Å². The molecule has 0 bridgehead atoms. The summed E-state index contributed by atoms with van der Waals surface area (Å²) < 4.78 is 43.0. The smallest absolute Gasteiger partial charge is 0.388 e. The van der Waals surface area contributed by atoms with Gasteiger partial charge in [0.25, 0.3) is 0 Å². The number of hydrogen-bond donors (Lipinski definition) is 3. The number of ether oxygens (including phenoxy) is 1. The Morgan fingerprint density at radius 3 is 2.35 bits per heavy atom. The third kappa shape index (κ3) is 2.80. The van der Waals surface area contributed by atoms with Crippen molar-refractivity contribution in [2.75, 3.05) is 0 Å². The van der Waals surface area contributed by atoms with Crippen LogP contribution >= 0.6 is 0 Å². The molecular formula is C13H15F3O4. The fourth-order valence-corrected chi connectivity index (χ4v) is 2.23. The van der Waals surface area contributed by atoms with E-state index in [1.54, 1.807) is 0 Å². The normalized spacial score (nSPS) is 32.4. The Kier molecular flexibility index (Phi) is 4.06. The minimum atomic E-state index is -4.52. The number of aliphatic hydroxyl groups excluding tert-OH is 3. The van der Waals surface area contributed by atoms with Gasteiger partial charge in [-0.2, -0.15) is 13.2 Å². The molecule has 0 aromatic heterocycles. The quantitative estimate of drug-likeness (QED) is 0.767. The van der Waals surface area contributed by atoms with Gasteiger partial charge in [-0.25, -0.2) is 0 Å². The predicted octanol–water partition coefficient (Wildman–Crippen LogP) is 1.25. The van der Waals surface area contributed by atoms with Crippen molar-refractivity contribution in [2.24, 2.45) is 0 Å². The third-order valence-electron chi connectivity index (χ3n) is 3.41. The van der Waals surface area contributed by atoms with Crippen LogP contribution in [0.4, 0.5) is 13.2 Å². The van der Waals surface area contributed by atoms with Crippen LogP contribution < -0.4 is 0 Å². The molecule has 20 heavy (non-hydrogen) atoms. The van der Waals surface area contributed by atoms with Crippen molar-refractivity contribution in [3.8, 4) is 0 Å². The fraction of sp³-hybridized carbons (Fsp3) is 0.538. The summed E-state index contributed by atoms with van der Waals surface area (Å²) in [5.41, 5.74) is -0.916. The minimum absolute atomic E-state index is 0.0230. The highest BCUT2D eigenvalue weighted by atomic mass is 19.4. The van der Waals surface area contributed by atoms with Crippen LogP contribution in [0, 0.1) is 0 Å². The van der Waals surface area contributed by atoms with E-state index in [1.807, 2.05) is 0 Å². The molecule has 0 aliphatic carbocycles. The van der Waals surface area contributed by atoms with Gasteiger partial charge in [0, 0.05) is 0 Å². The van der Waals surface area contributed by atoms with Crippen molar-refractivity contribution in [1.29, 1.82) is 0 Å². The first-order valence-corrected chi connectivity index (χ1v) is 6.08. The number of hydrogen-bond acceptors (Lipinski definition) is 4. The highest BCUT2D eigenvalue weighted by Crippen LogP contribution is 2.34. The first-order valence-electron chi connectivity index (χ1n) is 6.08. The SMILES string of the molecule is C[C@@H]1O[C@H]([C@H](O)c2cccc(C(F)(F)F)c2)[C@@H](O)[C@H]1O. The lowest BCUT2D eigenvalue weighted by molar-refractivity contribution is -0.137. The topological polar surface area (TPSA) is 69.9 Å². The molecule has 1 aliphatic rings. The van der Waals surface area contributed by atoms with E-state index < -0.39 is 42.3 Å². The van der Waals surface area contributed by atoms with Gasteiger partial charge in [-0.1, -0.05) is 12.1 Å². The molecule has 0 spiro atoms. The van der Waals surface area contributed by atoms with Crippen LogP contribution in [0.1, 0.15) is 24.2 Å². The van der Waals surface area contributed by atoms with E-state index in [0.29, 0.717) is 0 Å². The van der Waals surface area contributed by atoms with E-state index in [2.05, 4.69) is 0 Å². The van der Waals surface area contributed by atoms with Crippen molar-refractivity contribution in [3.63, 3.8) is 0 Å². The lowest BCUT2D eigenvalue weighted by Gasteiger charge is -2.22. The number of benzene rings is 1. The van der Waals surface area contributed by atoms with Crippen molar-refractivity contribution in [3.05, 3.63) is 35.4 Å². The maximum absolute atomic E-state index is 12.6. The maximum Gasteiger partial charge on any atom is 0.416 e. The summed E-state index contributed by atoms with van der Waals surface area (Å²) in [5.74, 6) is 0. The van der Waals surface area contributed by atoms with E-state index in [9.17, 15) is 28.5 Å². The van der Waals surface area contributed by atoms with Crippen LogP contribution in [0.5, 0.6) is 0 Å². The fourth-order valence-electron chi connectivity index (χ4n) is 2.23. The summed E-state index contributed by atoms with van der Waals surface area (Å²) in [5, 5.41) is 29.3. The first kappa shape index (κ1) is 15.2. The largest absolute Gasteiger partial charge is 0.416 e. The highest BCUT2D eigenvalue weighted by molar-refractivity contribution is 5.28. The van der Waals surface area contributed by atoms with E-state index >= 15 is 0 Å². The Morgan fingerprint density at radius 1 is 1.20 bits per heavy atom. The summed E-state index contributed by atoms with van der Waals surface area (Å²) in [7, 11) is 0. The van der Waals surface area contributed by atoms with Gasteiger partial charge in [0.1, 0.15) is 24.4 Å².